The highest BCUT2D eigenvalue weighted by molar-refractivity contribution is 7.08. The topological polar surface area (TPSA) is 42.8 Å². The van der Waals surface area contributed by atoms with Gasteiger partial charge in [-0.05, 0) is 67.1 Å². The molecule has 0 bridgehead atoms. The first-order chi connectivity index (χ1) is 14.2. The quantitative estimate of drug-likeness (QED) is 0.475. The number of hydrogen-bond donors (Lipinski definition) is 0. The Kier molecular flexibility index (Phi) is 4.81. The molecule has 3 aromatic heterocycles. The van der Waals surface area contributed by atoms with Crippen LogP contribution in [0.3, 0.4) is 0 Å². The second-order valence-corrected chi connectivity index (χ2v) is 8.41. The van der Waals surface area contributed by atoms with E-state index in [2.05, 4.69) is 49.5 Å². The Bertz CT molecular complexity index is 1180. The summed E-state index contributed by atoms with van der Waals surface area (Å²) in [7, 11) is 0. The fourth-order valence-electron chi connectivity index (χ4n) is 4.04. The molecule has 2 unspecified atom stereocenters. The van der Waals surface area contributed by atoms with Crippen molar-refractivity contribution in [2.75, 3.05) is 13.1 Å². The van der Waals surface area contributed by atoms with Crippen molar-refractivity contribution < 1.29 is 0 Å². The van der Waals surface area contributed by atoms with E-state index in [-0.39, 0.29) is 5.56 Å². The Morgan fingerprint density at radius 2 is 2.07 bits per heavy atom. The van der Waals surface area contributed by atoms with Gasteiger partial charge in [-0.15, -0.1) is 0 Å². The standard InChI is InChI=1S/C18H15N3OS.C5H9N/c1-2-20-10-14(4-6-18(20)22)13-3-5-17-16(9-13)19-12-21(17)15-7-8-23-11-15;1-2-5-4-6(5)3-1/h3-12H,2H2,1H3;5H,1-4H2. The highest BCUT2D eigenvalue weighted by Gasteiger charge is 2.37. The maximum atomic E-state index is 11.7. The minimum absolute atomic E-state index is 0.0269. The Labute approximate surface area is 173 Å². The zero-order chi connectivity index (χ0) is 19.8. The number of imidazole rings is 1. The van der Waals surface area contributed by atoms with Gasteiger partial charge in [0.15, 0.2) is 0 Å². The molecule has 6 rings (SSSR count). The average molecular weight is 405 g/mol. The molecular weight excluding hydrogens is 380 g/mol. The molecule has 0 N–H and O–H groups in total. The molecule has 0 aliphatic carbocycles. The molecule has 2 fully saturated rings. The van der Waals surface area contributed by atoms with E-state index in [1.54, 1.807) is 22.0 Å². The molecule has 4 aromatic rings. The van der Waals surface area contributed by atoms with Gasteiger partial charge in [-0.3, -0.25) is 14.3 Å². The summed E-state index contributed by atoms with van der Waals surface area (Å²) < 4.78 is 3.80. The second-order valence-electron chi connectivity index (χ2n) is 7.63. The van der Waals surface area contributed by atoms with Gasteiger partial charge in [0.25, 0.3) is 5.56 Å². The van der Waals surface area contributed by atoms with Gasteiger partial charge in [-0.2, -0.15) is 11.3 Å². The molecule has 5 nitrogen and oxygen atoms in total. The summed E-state index contributed by atoms with van der Waals surface area (Å²) in [6.45, 7) is 5.45. The summed E-state index contributed by atoms with van der Waals surface area (Å²) >= 11 is 1.67. The zero-order valence-corrected chi connectivity index (χ0v) is 17.3. The van der Waals surface area contributed by atoms with E-state index in [0.29, 0.717) is 6.54 Å². The average Bonchev–Trinajstić information content (AvgIpc) is 3.20. The lowest BCUT2D eigenvalue weighted by Gasteiger charge is -2.07. The van der Waals surface area contributed by atoms with Gasteiger partial charge >= 0.3 is 0 Å². The zero-order valence-electron chi connectivity index (χ0n) is 16.5. The van der Waals surface area contributed by atoms with Gasteiger partial charge < -0.3 is 4.57 Å². The molecule has 2 aliphatic heterocycles. The van der Waals surface area contributed by atoms with E-state index in [1.807, 2.05) is 25.5 Å². The lowest BCUT2D eigenvalue weighted by molar-refractivity contribution is 0.593. The number of fused-ring (bicyclic) bond motifs is 2. The van der Waals surface area contributed by atoms with Crippen LogP contribution in [0.1, 0.15) is 19.8 Å². The summed E-state index contributed by atoms with van der Waals surface area (Å²) in [6.07, 6.45) is 6.70. The van der Waals surface area contributed by atoms with Crippen LogP contribution in [-0.2, 0) is 6.54 Å². The molecule has 0 saturated carbocycles. The van der Waals surface area contributed by atoms with Gasteiger partial charge in [0.1, 0.15) is 6.33 Å². The van der Waals surface area contributed by atoms with Crippen LogP contribution >= 0.6 is 11.3 Å². The van der Waals surface area contributed by atoms with Crippen molar-refractivity contribution in [2.45, 2.75) is 32.4 Å². The first kappa shape index (κ1) is 18.3. The Morgan fingerprint density at radius 1 is 1.17 bits per heavy atom. The van der Waals surface area contributed by atoms with Crippen molar-refractivity contribution in [1.82, 2.24) is 19.0 Å². The summed E-state index contributed by atoms with van der Waals surface area (Å²) in [5, 5.41) is 4.16. The predicted octanol–water partition coefficient (Wildman–Crippen LogP) is 4.40. The normalized spacial score (nSPS) is 19.6. The molecule has 148 valence electrons. The van der Waals surface area contributed by atoms with Gasteiger partial charge in [0.2, 0.25) is 0 Å². The van der Waals surface area contributed by atoms with E-state index in [1.165, 1.54) is 25.9 Å². The molecule has 0 radical (unpaired) electrons. The molecule has 0 amide bonds. The van der Waals surface area contributed by atoms with Crippen molar-refractivity contribution in [1.29, 1.82) is 0 Å². The molecule has 5 heterocycles. The third kappa shape index (κ3) is 3.66. The first-order valence-corrected chi connectivity index (χ1v) is 11.1. The van der Waals surface area contributed by atoms with E-state index in [4.69, 9.17) is 0 Å². The summed E-state index contributed by atoms with van der Waals surface area (Å²) in [4.78, 5) is 18.8. The van der Waals surface area contributed by atoms with Crippen LogP contribution in [0.5, 0.6) is 0 Å². The smallest absolute Gasteiger partial charge is 0.250 e. The fraction of sp³-hybridized carbons (Fsp3) is 0.304. The number of benzene rings is 1. The van der Waals surface area contributed by atoms with Crippen molar-refractivity contribution in [3.63, 3.8) is 0 Å². The molecular formula is C23H24N4OS. The van der Waals surface area contributed by atoms with E-state index < -0.39 is 0 Å². The molecule has 2 aliphatic rings. The van der Waals surface area contributed by atoms with Gasteiger partial charge in [-0.25, -0.2) is 4.98 Å². The second kappa shape index (κ2) is 7.61. The van der Waals surface area contributed by atoms with Crippen molar-refractivity contribution >= 4 is 22.4 Å². The predicted molar refractivity (Wildman–Crippen MR) is 119 cm³/mol. The highest BCUT2D eigenvalue weighted by Crippen LogP contribution is 2.29. The minimum Gasteiger partial charge on any atom is -0.315 e. The van der Waals surface area contributed by atoms with Crippen LogP contribution in [-0.4, -0.2) is 38.1 Å². The SMILES string of the molecule is C1CC2CN2C1.CCn1cc(-c2ccc3c(c2)ncn3-c2ccsc2)ccc1=O. The largest absolute Gasteiger partial charge is 0.315 e. The summed E-state index contributed by atoms with van der Waals surface area (Å²) in [5.74, 6) is 0. The highest BCUT2D eigenvalue weighted by atomic mass is 32.1. The summed E-state index contributed by atoms with van der Waals surface area (Å²) in [6, 6.07) is 12.8. The molecule has 0 spiro atoms. The van der Waals surface area contributed by atoms with Crippen LogP contribution in [0.4, 0.5) is 0 Å². The van der Waals surface area contributed by atoms with Crippen LogP contribution in [0.25, 0.3) is 27.8 Å². The maximum absolute atomic E-state index is 11.7. The number of rotatable bonds is 3. The Hall–Kier alpha value is -2.70. The van der Waals surface area contributed by atoms with Crippen molar-refractivity contribution in [2.24, 2.45) is 0 Å². The number of hydrogen-bond acceptors (Lipinski definition) is 4. The number of aryl methyl sites for hydroxylation is 1. The molecule has 2 saturated heterocycles. The third-order valence-corrected chi connectivity index (χ3v) is 6.47. The lowest BCUT2D eigenvalue weighted by Crippen LogP contribution is -2.16. The first-order valence-electron chi connectivity index (χ1n) is 10.2. The van der Waals surface area contributed by atoms with Crippen LogP contribution in [0, 0.1) is 0 Å². The molecule has 6 heteroatoms. The maximum Gasteiger partial charge on any atom is 0.250 e. The van der Waals surface area contributed by atoms with E-state index in [9.17, 15) is 4.79 Å². The monoisotopic (exact) mass is 404 g/mol. The van der Waals surface area contributed by atoms with E-state index >= 15 is 0 Å². The Morgan fingerprint density at radius 3 is 2.72 bits per heavy atom. The van der Waals surface area contributed by atoms with Crippen LogP contribution in [0.2, 0.25) is 0 Å². The number of piperidine rings is 1. The third-order valence-electron chi connectivity index (χ3n) is 5.80. The number of thiophene rings is 1. The van der Waals surface area contributed by atoms with Gasteiger partial charge in [0, 0.05) is 36.8 Å². The number of pyridine rings is 1. The van der Waals surface area contributed by atoms with Crippen LogP contribution < -0.4 is 5.56 Å². The fourth-order valence-corrected chi connectivity index (χ4v) is 4.67. The lowest BCUT2D eigenvalue weighted by atomic mass is 10.1. The molecule has 2 atom stereocenters. The van der Waals surface area contributed by atoms with Crippen molar-refractivity contribution in [3.8, 4) is 16.8 Å². The van der Waals surface area contributed by atoms with Gasteiger partial charge in [0.05, 0.1) is 16.7 Å². The minimum atomic E-state index is 0.0269. The van der Waals surface area contributed by atoms with Crippen molar-refractivity contribution in [3.05, 3.63) is 70.0 Å². The Balaban J connectivity index is 0.000000255. The number of aromatic nitrogens is 3. The van der Waals surface area contributed by atoms with E-state index in [0.717, 1.165) is 33.9 Å². The molecule has 1 aromatic carbocycles. The molecule has 29 heavy (non-hydrogen) atoms. The van der Waals surface area contributed by atoms with Gasteiger partial charge in [-0.1, -0.05) is 6.07 Å². The van der Waals surface area contributed by atoms with Crippen LogP contribution in [0.15, 0.2) is 64.5 Å². The summed E-state index contributed by atoms with van der Waals surface area (Å²) in [5.41, 5.74) is 5.27. The number of nitrogens with zero attached hydrogens (tertiary/aromatic N) is 4.